The van der Waals surface area contributed by atoms with E-state index < -0.39 is 12.0 Å². The molecule has 1 aliphatic rings. The Morgan fingerprint density at radius 2 is 1.86 bits per heavy atom. The fourth-order valence-corrected chi connectivity index (χ4v) is 6.54. The van der Waals surface area contributed by atoms with E-state index >= 15 is 0 Å². The fraction of sp³-hybridized carbons (Fsp3) is 0.212. The monoisotopic (exact) mass is 657 g/mol. The minimum Gasteiger partial charge on any atom is -0.490 e. The molecule has 0 amide bonds. The molecule has 8 nitrogen and oxygen atoms in total. The van der Waals surface area contributed by atoms with Crippen molar-refractivity contribution in [2.75, 3.05) is 13.7 Å². The lowest BCUT2D eigenvalue weighted by Gasteiger charge is -2.25. The Balaban J connectivity index is 1.60. The third-order valence-corrected chi connectivity index (χ3v) is 8.48. The molecular weight excluding hydrogens is 630 g/mol. The first kappa shape index (κ1) is 30.0. The van der Waals surface area contributed by atoms with Gasteiger partial charge in [0.05, 0.1) is 51.7 Å². The quantitative estimate of drug-likeness (QED) is 0.223. The van der Waals surface area contributed by atoms with E-state index in [0.717, 1.165) is 11.1 Å². The first-order valence-corrected chi connectivity index (χ1v) is 15.3. The number of methoxy groups -OCH3 is 1. The summed E-state index contributed by atoms with van der Waals surface area (Å²) in [6, 6.07) is 21.9. The maximum atomic E-state index is 13.9. The average molecular weight is 659 g/mol. The van der Waals surface area contributed by atoms with Gasteiger partial charge in [0, 0.05) is 5.56 Å². The molecule has 0 N–H and O–H groups in total. The predicted molar refractivity (Wildman–Crippen MR) is 168 cm³/mol. The number of aromatic nitrogens is 1. The first-order chi connectivity index (χ1) is 20.9. The Bertz CT molecular complexity index is 1940. The van der Waals surface area contributed by atoms with Crippen LogP contribution in [0, 0.1) is 11.3 Å². The van der Waals surface area contributed by atoms with Crippen molar-refractivity contribution in [1.82, 2.24) is 4.57 Å². The van der Waals surface area contributed by atoms with Crippen molar-refractivity contribution in [2.24, 2.45) is 4.99 Å². The van der Waals surface area contributed by atoms with Gasteiger partial charge in [0.15, 0.2) is 16.3 Å². The molecule has 1 aromatic heterocycles. The molecular formula is C33H28BrN3O5S. The van der Waals surface area contributed by atoms with E-state index in [1.807, 2.05) is 74.5 Å². The Morgan fingerprint density at radius 3 is 2.56 bits per heavy atom. The topological polar surface area (TPSA) is 103 Å². The fourth-order valence-electron chi connectivity index (χ4n) is 4.95. The third-order valence-electron chi connectivity index (χ3n) is 6.90. The summed E-state index contributed by atoms with van der Waals surface area (Å²) in [5.74, 6) is 0.475. The first-order valence-electron chi connectivity index (χ1n) is 13.6. The number of halogens is 1. The van der Waals surface area contributed by atoms with Crippen LogP contribution in [0.3, 0.4) is 0 Å². The summed E-state index contributed by atoms with van der Waals surface area (Å²) >= 11 is 4.87. The Hall–Kier alpha value is -4.46. The summed E-state index contributed by atoms with van der Waals surface area (Å²) in [6.45, 7) is 4.38. The van der Waals surface area contributed by atoms with E-state index in [1.54, 1.807) is 16.7 Å². The Labute approximate surface area is 260 Å². The van der Waals surface area contributed by atoms with Gasteiger partial charge in [-0.1, -0.05) is 66.8 Å². The summed E-state index contributed by atoms with van der Waals surface area (Å²) in [6.07, 6.45) is 2.28. The second-order valence-electron chi connectivity index (χ2n) is 9.52. The minimum atomic E-state index is -0.667. The third kappa shape index (κ3) is 6.05. The van der Waals surface area contributed by atoms with Crippen LogP contribution in [0.2, 0.25) is 0 Å². The van der Waals surface area contributed by atoms with Gasteiger partial charge in [-0.05, 0) is 64.7 Å². The second-order valence-corrected chi connectivity index (χ2v) is 11.4. The van der Waals surface area contributed by atoms with Gasteiger partial charge in [-0.25, -0.2) is 9.79 Å². The number of nitriles is 1. The van der Waals surface area contributed by atoms with Crippen LogP contribution in [0.25, 0.3) is 6.08 Å². The summed E-state index contributed by atoms with van der Waals surface area (Å²) in [5, 5.41) is 9.43. The van der Waals surface area contributed by atoms with Gasteiger partial charge in [0.2, 0.25) is 0 Å². The number of nitrogens with zero attached hydrogens (tertiary/aromatic N) is 3. The standard InChI is InChI=1S/C33H28BrN3O5S/c1-4-25-28(32(39)40-3)29(21-11-7-6-8-12-21)37-31(38)27(43-33(37)36-25)17-20-15-24(34)30(26(16-20)41-5-2)42-19-23-14-10-9-13-22(23)18-35/h6-17,29H,4-5,19H2,1-3H3/b27-17-/t29-/m1/s1. The lowest BCUT2D eigenvalue weighted by Crippen LogP contribution is -2.40. The molecule has 0 spiro atoms. The molecule has 4 aromatic rings. The second kappa shape index (κ2) is 13.2. The van der Waals surface area contributed by atoms with Gasteiger partial charge < -0.3 is 14.2 Å². The van der Waals surface area contributed by atoms with Crippen molar-refractivity contribution >= 4 is 39.3 Å². The molecule has 218 valence electrons. The number of hydrogen-bond acceptors (Lipinski definition) is 8. The van der Waals surface area contributed by atoms with Gasteiger partial charge in [0.1, 0.15) is 6.61 Å². The molecule has 1 atom stereocenters. The molecule has 1 aliphatic heterocycles. The maximum Gasteiger partial charge on any atom is 0.338 e. The number of benzene rings is 3. The number of carbonyl (C=O) groups is 1. The number of esters is 1. The zero-order valence-electron chi connectivity index (χ0n) is 23.8. The molecule has 0 aliphatic carbocycles. The van der Waals surface area contributed by atoms with Gasteiger partial charge in [0.25, 0.3) is 5.56 Å². The number of rotatable bonds is 9. The molecule has 2 heterocycles. The van der Waals surface area contributed by atoms with Crippen molar-refractivity contribution in [3.8, 4) is 17.6 Å². The van der Waals surface area contributed by atoms with Crippen molar-refractivity contribution < 1.29 is 19.0 Å². The van der Waals surface area contributed by atoms with Gasteiger partial charge >= 0.3 is 5.97 Å². The smallest absolute Gasteiger partial charge is 0.338 e. The van der Waals surface area contributed by atoms with E-state index in [1.165, 1.54) is 18.4 Å². The highest BCUT2D eigenvalue weighted by Crippen LogP contribution is 2.38. The number of carbonyl (C=O) groups excluding carboxylic acids is 1. The Morgan fingerprint density at radius 1 is 1.12 bits per heavy atom. The normalized spacial score (nSPS) is 14.5. The molecule has 10 heteroatoms. The summed E-state index contributed by atoms with van der Waals surface area (Å²) in [7, 11) is 1.33. The van der Waals surface area contributed by atoms with Crippen LogP contribution in [0.15, 0.2) is 92.3 Å². The van der Waals surface area contributed by atoms with Crippen LogP contribution >= 0.6 is 27.3 Å². The molecule has 0 radical (unpaired) electrons. The van der Waals surface area contributed by atoms with E-state index in [2.05, 4.69) is 22.0 Å². The van der Waals surface area contributed by atoms with E-state index in [0.29, 0.717) is 60.7 Å². The van der Waals surface area contributed by atoms with E-state index in [4.69, 9.17) is 19.2 Å². The van der Waals surface area contributed by atoms with Gasteiger partial charge in [-0.2, -0.15) is 5.26 Å². The molecule has 0 fully saturated rings. The van der Waals surface area contributed by atoms with Crippen LogP contribution in [0.4, 0.5) is 0 Å². The van der Waals surface area contributed by atoms with Gasteiger partial charge in [-0.3, -0.25) is 9.36 Å². The summed E-state index contributed by atoms with van der Waals surface area (Å²) in [4.78, 5) is 32.2. The van der Waals surface area contributed by atoms with Crippen LogP contribution in [0.5, 0.6) is 11.5 Å². The largest absolute Gasteiger partial charge is 0.490 e. The average Bonchev–Trinajstić information content (AvgIpc) is 3.33. The minimum absolute atomic E-state index is 0.183. The van der Waals surface area contributed by atoms with Crippen LogP contribution in [-0.4, -0.2) is 24.3 Å². The number of hydrogen-bond donors (Lipinski definition) is 0. The number of allylic oxidation sites excluding steroid dienone is 1. The lowest BCUT2D eigenvalue weighted by atomic mass is 9.95. The van der Waals surface area contributed by atoms with E-state index in [9.17, 15) is 14.9 Å². The highest BCUT2D eigenvalue weighted by Gasteiger charge is 2.33. The van der Waals surface area contributed by atoms with Crippen LogP contribution in [-0.2, 0) is 16.1 Å². The highest BCUT2D eigenvalue weighted by atomic mass is 79.9. The van der Waals surface area contributed by atoms with Crippen molar-refractivity contribution in [3.05, 3.63) is 124 Å². The zero-order valence-corrected chi connectivity index (χ0v) is 26.2. The van der Waals surface area contributed by atoms with Gasteiger partial charge in [-0.15, -0.1) is 0 Å². The molecule has 0 bridgehead atoms. The van der Waals surface area contributed by atoms with Crippen LogP contribution < -0.4 is 24.4 Å². The van der Waals surface area contributed by atoms with Crippen molar-refractivity contribution in [1.29, 1.82) is 5.26 Å². The zero-order chi connectivity index (χ0) is 30.5. The predicted octanol–water partition coefficient (Wildman–Crippen LogP) is 5.41. The summed E-state index contributed by atoms with van der Waals surface area (Å²) < 4.78 is 19.8. The molecule has 43 heavy (non-hydrogen) atoms. The molecule has 0 saturated carbocycles. The van der Waals surface area contributed by atoms with Crippen molar-refractivity contribution in [2.45, 2.75) is 32.9 Å². The molecule has 0 saturated heterocycles. The highest BCUT2D eigenvalue weighted by molar-refractivity contribution is 9.10. The molecule has 3 aromatic carbocycles. The van der Waals surface area contributed by atoms with Crippen LogP contribution in [0.1, 0.15) is 48.6 Å². The Kier molecular flexibility index (Phi) is 9.24. The SMILES string of the molecule is CCOc1cc(/C=c2\sc3n(c2=O)[C@H](c2ccccc2)C(C(=O)OC)=C(CC)N=3)cc(Br)c1OCc1ccccc1C#N. The maximum absolute atomic E-state index is 13.9. The number of fused-ring (bicyclic) bond motifs is 1. The molecule has 0 unspecified atom stereocenters. The van der Waals surface area contributed by atoms with E-state index in [-0.39, 0.29) is 12.2 Å². The number of ether oxygens (including phenoxy) is 3. The molecule has 5 rings (SSSR count). The number of thiazole rings is 1. The lowest BCUT2D eigenvalue weighted by molar-refractivity contribution is -0.136. The van der Waals surface area contributed by atoms with Crippen molar-refractivity contribution in [3.63, 3.8) is 0 Å². The summed E-state index contributed by atoms with van der Waals surface area (Å²) in [5.41, 5.74) is 3.48.